The molecule has 216 valence electrons. The van der Waals surface area contributed by atoms with E-state index < -0.39 is 10.0 Å². The Morgan fingerprint density at radius 2 is 1.81 bits per heavy atom. The number of halogens is 1. The molecule has 1 atom stereocenters. The number of nitrogens with one attached hydrogen (secondary N) is 2. The summed E-state index contributed by atoms with van der Waals surface area (Å²) in [4.78, 5) is 9.81. The van der Waals surface area contributed by atoms with Gasteiger partial charge in [0.1, 0.15) is 27.7 Å². The maximum absolute atomic E-state index is 13.3. The molecule has 6 rings (SSSR count). The van der Waals surface area contributed by atoms with Crippen molar-refractivity contribution in [1.82, 2.24) is 19.7 Å². The third kappa shape index (κ3) is 4.91. The molecule has 3 aromatic carbocycles. The van der Waals surface area contributed by atoms with Crippen LogP contribution in [0.4, 0.5) is 11.5 Å². The Labute approximate surface area is 250 Å². The zero-order valence-electron chi connectivity index (χ0n) is 23.7. The van der Waals surface area contributed by atoms with Crippen molar-refractivity contribution >= 4 is 55.0 Å². The third-order valence-electron chi connectivity index (χ3n) is 7.93. The van der Waals surface area contributed by atoms with Crippen LogP contribution in [-0.2, 0) is 10.0 Å². The number of rotatable bonds is 7. The zero-order chi connectivity index (χ0) is 29.6. The van der Waals surface area contributed by atoms with Crippen LogP contribution in [0.3, 0.4) is 0 Å². The summed E-state index contributed by atoms with van der Waals surface area (Å²) in [6.07, 6.45) is 7.07. The van der Waals surface area contributed by atoms with Gasteiger partial charge < -0.3 is 11.1 Å². The summed E-state index contributed by atoms with van der Waals surface area (Å²) >= 11 is 6.23. The summed E-state index contributed by atoms with van der Waals surface area (Å²) in [5, 5.41) is 5.10. The SMILES string of the molecule is CNC1CC=C(c2cnc(N)c3c(-c4cccc5c(NS(=O)(=O)c6ccccc6Cl)cccc45)nc(C(C)C)n23)CC1. The van der Waals surface area contributed by atoms with Gasteiger partial charge in [-0.25, -0.2) is 18.4 Å². The number of hydrogen-bond acceptors (Lipinski definition) is 6. The Balaban J connectivity index is 1.53. The quantitative estimate of drug-likeness (QED) is 0.188. The van der Waals surface area contributed by atoms with Crippen molar-refractivity contribution in [2.45, 2.75) is 50.0 Å². The van der Waals surface area contributed by atoms with Gasteiger partial charge in [0, 0.05) is 22.9 Å². The highest BCUT2D eigenvalue weighted by atomic mass is 35.5. The van der Waals surface area contributed by atoms with Crippen molar-refractivity contribution in [3.8, 4) is 11.3 Å². The van der Waals surface area contributed by atoms with Crippen LogP contribution >= 0.6 is 11.6 Å². The Morgan fingerprint density at radius 1 is 1.05 bits per heavy atom. The number of benzene rings is 3. The molecule has 0 spiro atoms. The van der Waals surface area contributed by atoms with E-state index in [1.807, 2.05) is 43.6 Å². The van der Waals surface area contributed by atoms with Crippen molar-refractivity contribution in [1.29, 1.82) is 0 Å². The Kier molecular flexibility index (Phi) is 7.43. The fourth-order valence-electron chi connectivity index (χ4n) is 5.77. The first-order valence-electron chi connectivity index (χ1n) is 14.0. The summed E-state index contributed by atoms with van der Waals surface area (Å²) in [6.45, 7) is 4.24. The molecular formula is C32H33ClN6O2S. The molecule has 4 N–H and O–H groups in total. The van der Waals surface area contributed by atoms with E-state index in [-0.39, 0.29) is 15.8 Å². The lowest BCUT2D eigenvalue weighted by molar-refractivity contribution is 0.522. The molecule has 0 bridgehead atoms. The number of anilines is 2. The van der Waals surface area contributed by atoms with Gasteiger partial charge in [0.05, 0.1) is 22.6 Å². The van der Waals surface area contributed by atoms with Crippen LogP contribution in [-0.4, -0.2) is 35.9 Å². The Morgan fingerprint density at radius 3 is 2.52 bits per heavy atom. The predicted octanol–water partition coefficient (Wildman–Crippen LogP) is 6.86. The third-order valence-corrected chi connectivity index (χ3v) is 9.79. The smallest absolute Gasteiger partial charge is 0.263 e. The molecule has 1 aliphatic carbocycles. The lowest BCUT2D eigenvalue weighted by Gasteiger charge is -2.22. The summed E-state index contributed by atoms with van der Waals surface area (Å²) in [7, 11) is -1.93. The average Bonchev–Trinajstić information content (AvgIpc) is 3.39. The van der Waals surface area contributed by atoms with E-state index in [4.69, 9.17) is 22.3 Å². The van der Waals surface area contributed by atoms with Crippen LogP contribution in [0, 0.1) is 0 Å². The molecule has 0 saturated heterocycles. The van der Waals surface area contributed by atoms with Crippen LogP contribution < -0.4 is 15.8 Å². The van der Waals surface area contributed by atoms with E-state index in [9.17, 15) is 8.42 Å². The molecule has 42 heavy (non-hydrogen) atoms. The van der Waals surface area contributed by atoms with Crippen molar-refractivity contribution < 1.29 is 8.42 Å². The normalized spacial score (nSPS) is 15.8. The van der Waals surface area contributed by atoms with Gasteiger partial charge >= 0.3 is 0 Å². The first-order chi connectivity index (χ1) is 20.2. The van der Waals surface area contributed by atoms with Gasteiger partial charge in [-0.2, -0.15) is 0 Å². The largest absolute Gasteiger partial charge is 0.382 e. The standard InChI is InChI=1S/C32H33ClN6O2S/c1-19(2)32-37-29(30-31(34)36-18-27(39(30)32)20-14-16-21(35-3)17-15-20)24-10-6-9-23-22(24)8-7-12-26(23)38-42(40,41)28-13-5-4-11-25(28)33/h4-14,18-19,21,35,38H,15-17H2,1-3H3,(H2,34,36). The van der Waals surface area contributed by atoms with Crippen LogP contribution in [0.25, 0.3) is 33.1 Å². The summed E-state index contributed by atoms with van der Waals surface area (Å²) in [5.74, 6) is 1.41. The van der Waals surface area contributed by atoms with E-state index >= 15 is 0 Å². The first-order valence-corrected chi connectivity index (χ1v) is 15.9. The van der Waals surface area contributed by atoms with Gasteiger partial charge in [-0.05, 0) is 55.5 Å². The van der Waals surface area contributed by atoms with Gasteiger partial charge in [-0.15, -0.1) is 0 Å². The number of nitrogens with zero attached hydrogens (tertiary/aromatic N) is 3. The molecular weight excluding hydrogens is 568 g/mol. The first kappa shape index (κ1) is 28.2. The average molecular weight is 601 g/mol. The minimum absolute atomic E-state index is 0.0194. The van der Waals surface area contributed by atoms with E-state index in [0.29, 0.717) is 23.2 Å². The number of nitrogen functional groups attached to an aromatic ring is 1. The van der Waals surface area contributed by atoms with Crippen LogP contribution in [0.5, 0.6) is 0 Å². The van der Waals surface area contributed by atoms with Crippen molar-refractivity contribution in [3.63, 3.8) is 0 Å². The highest BCUT2D eigenvalue weighted by Gasteiger charge is 2.25. The topological polar surface area (TPSA) is 114 Å². The molecule has 0 radical (unpaired) electrons. The number of allylic oxidation sites excluding steroid dienone is 1. The molecule has 10 heteroatoms. The maximum Gasteiger partial charge on any atom is 0.263 e. The minimum Gasteiger partial charge on any atom is -0.382 e. The van der Waals surface area contributed by atoms with Gasteiger partial charge in [0.15, 0.2) is 0 Å². The van der Waals surface area contributed by atoms with E-state index in [2.05, 4.69) is 39.3 Å². The lowest BCUT2D eigenvalue weighted by atomic mass is 9.93. The minimum atomic E-state index is -3.93. The number of imidazole rings is 1. The lowest BCUT2D eigenvalue weighted by Crippen LogP contribution is -2.26. The van der Waals surface area contributed by atoms with Gasteiger partial charge in [0.2, 0.25) is 0 Å². The van der Waals surface area contributed by atoms with Gasteiger partial charge in [-0.1, -0.05) is 74.0 Å². The van der Waals surface area contributed by atoms with Crippen molar-refractivity contribution in [2.24, 2.45) is 0 Å². The second-order valence-corrected chi connectivity index (χ2v) is 13.0. The molecule has 0 amide bonds. The van der Waals surface area contributed by atoms with Crippen LogP contribution in [0.1, 0.15) is 50.5 Å². The summed E-state index contributed by atoms with van der Waals surface area (Å²) < 4.78 is 31.5. The number of hydrogen-bond donors (Lipinski definition) is 3. The monoisotopic (exact) mass is 600 g/mol. The number of nitrogens with two attached hydrogens (primary N) is 1. The van der Waals surface area contributed by atoms with E-state index in [1.165, 1.54) is 11.6 Å². The summed E-state index contributed by atoms with van der Waals surface area (Å²) in [6, 6.07) is 18.2. The molecule has 0 saturated carbocycles. The molecule has 8 nitrogen and oxygen atoms in total. The molecule has 2 aromatic heterocycles. The summed E-state index contributed by atoms with van der Waals surface area (Å²) in [5.41, 5.74) is 11.6. The molecule has 2 heterocycles. The fourth-order valence-corrected chi connectivity index (χ4v) is 7.37. The fraction of sp³-hybridized carbons (Fsp3) is 0.250. The predicted molar refractivity (Wildman–Crippen MR) is 171 cm³/mol. The highest BCUT2D eigenvalue weighted by Crippen LogP contribution is 2.39. The molecule has 1 aliphatic rings. The number of aromatic nitrogens is 3. The van der Waals surface area contributed by atoms with Gasteiger partial charge in [-0.3, -0.25) is 9.12 Å². The molecule has 5 aromatic rings. The van der Waals surface area contributed by atoms with Gasteiger partial charge in [0.25, 0.3) is 10.0 Å². The van der Waals surface area contributed by atoms with E-state index in [1.54, 1.807) is 24.3 Å². The van der Waals surface area contributed by atoms with Crippen molar-refractivity contribution in [3.05, 3.63) is 89.5 Å². The Bertz CT molecular complexity index is 1970. The van der Waals surface area contributed by atoms with E-state index in [0.717, 1.165) is 52.6 Å². The Hall–Kier alpha value is -3.92. The molecule has 1 unspecified atom stereocenters. The molecule has 0 fully saturated rings. The second kappa shape index (κ2) is 11.1. The number of sulfonamides is 1. The highest BCUT2D eigenvalue weighted by molar-refractivity contribution is 7.92. The second-order valence-electron chi connectivity index (χ2n) is 10.9. The van der Waals surface area contributed by atoms with Crippen LogP contribution in [0.2, 0.25) is 5.02 Å². The number of fused-ring (bicyclic) bond motifs is 2. The van der Waals surface area contributed by atoms with Crippen molar-refractivity contribution in [2.75, 3.05) is 17.5 Å². The maximum atomic E-state index is 13.3. The molecule has 0 aliphatic heterocycles. The zero-order valence-corrected chi connectivity index (χ0v) is 25.3. The van der Waals surface area contributed by atoms with Crippen LogP contribution in [0.15, 0.2) is 77.8 Å².